The fourth-order valence-corrected chi connectivity index (χ4v) is 7.46. The molecule has 3 aliphatic rings. The van der Waals surface area contributed by atoms with Gasteiger partial charge in [0.1, 0.15) is 18.2 Å². The van der Waals surface area contributed by atoms with Crippen molar-refractivity contribution in [1.29, 1.82) is 0 Å². The number of amides is 4. The highest BCUT2D eigenvalue weighted by Gasteiger charge is 2.50. The maximum absolute atomic E-state index is 12.7. The molecule has 3 saturated heterocycles. The Labute approximate surface area is 282 Å². The molecule has 0 saturated carbocycles. The Bertz CT molecular complexity index is 1080. The van der Waals surface area contributed by atoms with E-state index in [0.717, 1.165) is 4.90 Å². The Morgan fingerprint density at radius 1 is 0.936 bits per heavy atom. The average Bonchev–Trinajstić information content (AvgIpc) is 3.55. The normalized spacial score (nSPS) is 23.1. The largest absolute Gasteiger partial charge is 0.530 e. The van der Waals surface area contributed by atoms with Crippen LogP contribution in [0, 0.1) is 5.41 Å². The van der Waals surface area contributed by atoms with Crippen LogP contribution in [0.4, 0.5) is 9.59 Å². The second-order valence-corrected chi connectivity index (χ2v) is 15.3. The molecule has 14 nitrogen and oxygen atoms in total. The summed E-state index contributed by atoms with van der Waals surface area (Å²) in [5.41, 5.74) is 1.85. The lowest BCUT2D eigenvalue weighted by Gasteiger charge is -2.39. The maximum Gasteiger partial charge on any atom is 0.418 e. The van der Waals surface area contributed by atoms with Crippen LogP contribution in [0.25, 0.3) is 0 Å². The van der Waals surface area contributed by atoms with E-state index in [0.29, 0.717) is 11.5 Å². The number of hydrogen-bond acceptors (Lipinski definition) is 8. The first kappa shape index (κ1) is 41.0. The Morgan fingerprint density at radius 3 is 1.87 bits per heavy atom. The number of hydrogen-bond donors (Lipinski definition) is 2. The molecule has 2 bridgehead atoms. The maximum atomic E-state index is 12.7. The van der Waals surface area contributed by atoms with Crippen molar-refractivity contribution in [3.63, 3.8) is 0 Å². The minimum Gasteiger partial charge on any atom is -0.530 e. The smallest absolute Gasteiger partial charge is 0.418 e. The second kappa shape index (κ2) is 18.5. The number of unbranched alkanes of at least 4 members (excludes halogenated alkanes) is 4. The van der Waals surface area contributed by atoms with E-state index < -0.39 is 58.1 Å². The summed E-state index contributed by atoms with van der Waals surface area (Å²) < 4.78 is 36.5. The summed E-state index contributed by atoms with van der Waals surface area (Å²) in [7, 11) is -4.88. The fourth-order valence-electron chi connectivity index (χ4n) is 7.07. The molecule has 15 heteroatoms. The average molecular weight is 692 g/mol. The number of carbonyl (C=O) groups is 3. The van der Waals surface area contributed by atoms with Crippen LogP contribution in [0.3, 0.4) is 0 Å². The van der Waals surface area contributed by atoms with Gasteiger partial charge in [0.25, 0.3) is 5.91 Å². The van der Waals surface area contributed by atoms with Crippen molar-refractivity contribution in [1.82, 2.24) is 20.3 Å². The van der Waals surface area contributed by atoms with Gasteiger partial charge in [0, 0.05) is 13.1 Å². The van der Waals surface area contributed by atoms with Crippen LogP contribution in [-0.4, -0.2) is 114 Å². The molecule has 2 N–H and O–H groups in total. The number of carbonyl (C=O) groups excluding carboxylic acids is 3. The summed E-state index contributed by atoms with van der Waals surface area (Å²) in [4.78, 5) is 44.3. The fraction of sp³-hybridized carbons (Fsp3) is 0.906. The molecule has 0 spiro atoms. The minimum absolute atomic E-state index is 0.0545. The third-order valence-corrected chi connectivity index (χ3v) is 9.87. The van der Waals surface area contributed by atoms with Gasteiger partial charge in [-0.1, -0.05) is 74.1 Å². The standard InChI is InChI=1S/C16H26N4O9S.C16H36N/c1-16(2,3)12-11(6-7-18(12)15(23)24)28-17-13(21)10-5-4-9-8-19(10)14(22)20(9)29-30(25,26)27;1-5-9-13-17(14-10-6-2,15-11-7-3)16-12-8-4/h9-12H,4-8H2,1-3H3,(H,17,21)(H,23,24)(H,25,26,27);5-16H2,1-4H3/q;+1/p-1/t9-,10+,11+,12?;/m1./s1. The van der Waals surface area contributed by atoms with Crippen molar-refractivity contribution >= 4 is 28.4 Å². The third kappa shape index (κ3) is 12.0. The molecule has 4 amide bonds. The number of fused-ring (bicyclic) bond motifs is 2. The quantitative estimate of drug-likeness (QED) is 0.131. The lowest BCUT2D eigenvalue weighted by molar-refractivity contribution is -0.929. The highest BCUT2D eigenvalue weighted by Crippen LogP contribution is 2.35. The van der Waals surface area contributed by atoms with Gasteiger partial charge >= 0.3 is 16.4 Å². The van der Waals surface area contributed by atoms with Gasteiger partial charge in [-0.2, -0.15) is 13.5 Å². The number of nitrogens with zero attached hydrogens (tertiary/aromatic N) is 4. The second-order valence-electron chi connectivity index (χ2n) is 14.3. The first-order chi connectivity index (χ1) is 22.0. The number of hydroxylamine groups is 3. The van der Waals surface area contributed by atoms with Gasteiger partial charge in [0.05, 0.1) is 38.3 Å². The zero-order chi connectivity index (χ0) is 35.4. The van der Waals surface area contributed by atoms with Gasteiger partial charge in [-0.05, 0) is 50.4 Å². The van der Waals surface area contributed by atoms with Gasteiger partial charge < -0.3 is 24.2 Å². The Hall–Kier alpha value is -2.20. The Morgan fingerprint density at radius 2 is 1.45 bits per heavy atom. The first-order valence-corrected chi connectivity index (χ1v) is 19.0. The van der Waals surface area contributed by atoms with E-state index >= 15 is 0 Å². The summed E-state index contributed by atoms with van der Waals surface area (Å²) in [6.45, 7) is 20.8. The third-order valence-electron chi connectivity index (χ3n) is 9.52. The minimum atomic E-state index is -4.88. The molecular weight excluding hydrogens is 630 g/mol. The van der Waals surface area contributed by atoms with E-state index in [1.54, 1.807) is 0 Å². The molecule has 274 valence electrons. The lowest BCUT2D eigenvalue weighted by Crippen LogP contribution is -2.54. The predicted molar refractivity (Wildman–Crippen MR) is 176 cm³/mol. The van der Waals surface area contributed by atoms with Crippen molar-refractivity contribution in [3.8, 4) is 0 Å². The molecule has 0 aromatic heterocycles. The number of likely N-dealkylation sites (tertiary alicyclic amines) is 1. The van der Waals surface area contributed by atoms with E-state index in [1.165, 1.54) is 86.9 Å². The summed E-state index contributed by atoms with van der Waals surface area (Å²) in [6, 6.07) is -2.92. The van der Waals surface area contributed by atoms with E-state index in [1.807, 2.05) is 20.8 Å². The van der Waals surface area contributed by atoms with E-state index in [2.05, 4.69) is 37.5 Å². The van der Waals surface area contributed by atoms with Crippen molar-refractivity contribution in [3.05, 3.63) is 0 Å². The molecular formula is C32H61N5O9S. The molecule has 0 aromatic carbocycles. The highest BCUT2D eigenvalue weighted by atomic mass is 32.3. The lowest BCUT2D eigenvalue weighted by atomic mass is 9.84. The van der Waals surface area contributed by atoms with Crippen LogP contribution in [0.15, 0.2) is 0 Å². The molecule has 47 heavy (non-hydrogen) atoms. The molecule has 3 rings (SSSR count). The summed E-state index contributed by atoms with van der Waals surface area (Å²) in [6.07, 6.45) is 10.0. The molecule has 1 unspecified atom stereocenters. The zero-order valence-electron chi connectivity index (χ0n) is 29.7. The van der Waals surface area contributed by atoms with Gasteiger partial charge in [-0.15, -0.1) is 4.28 Å². The predicted octanol–water partition coefficient (Wildman–Crippen LogP) is 3.87. The molecule has 3 fully saturated rings. The number of nitrogens with one attached hydrogen (secondary N) is 1. The molecule has 3 aliphatic heterocycles. The van der Waals surface area contributed by atoms with Crippen molar-refractivity contribution < 1.29 is 46.1 Å². The molecule has 3 heterocycles. The number of carboxylic acid groups (broad SMARTS) is 1. The molecule has 0 radical (unpaired) electrons. The Balaban J connectivity index is 0.000000387. The first-order valence-electron chi connectivity index (χ1n) is 17.6. The SMILES string of the molecule is CC(C)(C)C1[C@@H](ONC(=O)[C@@H]2CC[C@@H]3CN2C(=O)N3OS(=O)(=O)O)CCN1C(=O)[O-].CCCC[N+](CCCC)(CCCC)CCCC. The topological polar surface area (TPSA) is 169 Å². The molecule has 4 atom stereocenters. The molecule has 0 aromatic rings. The van der Waals surface area contributed by atoms with Gasteiger partial charge in [0.15, 0.2) is 0 Å². The van der Waals surface area contributed by atoms with Crippen LogP contribution in [0.1, 0.15) is 119 Å². The summed E-state index contributed by atoms with van der Waals surface area (Å²) in [5, 5.41) is 11.9. The monoisotopic (exact) mass is 691 g/mol. The van der Waals surface area contributed by atoms with Crippen molar-refractivity contribution in [2.45, 2.75) is 143 Å². The number of piperidine rings is 1. The van der Waals surface area contributed by atoms with E-state index in [-0.39, 0.29) is 25.9 Å². The van der Waals surface area contributed by atoms with Crippen molar-refractivity contribution in [2.24, 2.45) is 5.41 Å². The number of urea groups is 1. The van der Waals surface area contributed by atoms with Gasteiger partial charge in [-0.3, -0.25) is 14.2 Å². The van der Waals surface area contributed by atoms with Crippen LogP contribution in [-0.2, 0) is 24.3 Å². The van der Waals surface area contributed by atoms with Gasteiger partial charge in [0.2, 0.25) is 0 Å². The van der Waals surface area contributed by atoms with Crippen LogP contribution < -0.4 is 10.6 Å². The van der Waals surface area contributed by atoms with Crippen LogP contribution in [0.5, 0.6) is 0 Å². The Kier molecular flexibility index (Phi) is 16.2. The van der Waals surface area contributed by atoms with Crippen LogP contribution in [0.2, 0.25) is 0 Å². The van der Waals surface area contributed by atoms with Crippen LogP contribution >= 0.6 is 0 Å². The highest BCUT2D eigenvalue weighted by molar-refractivity contribution is 7.80. The molecule has 0 aliphatic carbocycles. The van der Waals surface area contributed by atoms with E-state index in [9.17, 15) is 27.9 Å². The summed E-state index contributed by atoms with van der Waals surface area (Å²) in [5.74, 6) is -0.616. The van der Waals surface area contributed by atoms with E-state index in [4.69, 9.17) is 9.39 Å². The number of quaternary nitrogens is 1. The number of rotatable bonds is 17. The van der Waals surface area contributed by atoms with Gasteiger partial charge in [-0.25, -0.2) is 10.3 Å². The summed E-state index contributed by atoms with van der Waals surface area (Å²) >= 11 is 0. The van der Waals surface area contributed by atoms with Crippen molar-refractivity contribution in [2.75, 3.05) is 39.3 Å². The zero-order valence-corrected chi connectivity index (χ0v) is 30.6.